The van der Waals surface area contributed by atoms with Crippen LogP contribution in [0.2, 0.25) is 0 Å². The maximum Gasteiger partial charge on any atom is 0.408 e. The number of amides is 1. The lowest BCUT2D eigenvalue weighted by Gasteiger charge is -2.39. The summed E-state index contributed by atoms with van der Waals surface area (Å²) in [6.45, 7) is 5.40. The van der Waals surface area contributed by atoms with Gasteiger partial charge in [-0.05, 0) is 56.0 Å². The second-order valence-electron chi connectivity index (χ2n) is 8.76. The molecule has 1 aromatic rings. The van der Waals surface area contributed by atoms with E-state index in [4.69, 9.17) is 9.47 Å². The molecule has 1 fully saturated rings. The van der Waals surface area contributed by atoms with Crippen LogP contribution < -0.4 is 10.2 Å². The molecule has 0 saturated carbocycles. The van der Waals surface area contributed by atoms with Crippen LogP contribution in [0, 0.1) is 0 Å². The minimum atomic E-state index is -2.94. The van der Waals surface area contributed by atoms with Crippen LogP contribution in [-0.2, 0) is 15.9 Å². The molecule has 0 radical (unpaired) electrons. The zero-order valence-corrected chi connectivity index (χ0v) is 19.7. The number of fused-ring (bicyclic) bond motifs is 1. The number of carbonyl (C=O) groups excluding carboxylic acids is 2. The van der Waals surface area contributed by atoms with Gasteiger partial charge in [-0.25, -0.2) is 13.6 Å². The van der Waals surface area contributed by atoms with E-state index in [0.29, 0.717) is 39.2 Å². The van der Waals surface area contributed by atoms with Crippen LogP contribution in [0.1, 0.15) is 55.3 Å². The zero-order valence-electron chi connectivity index (χ0n) is 17.3. The van der Waals surface area contributed by atoms with Crippen molar-refractivity contribution >= 4 is 45.3 Å². The SMILES string of the molecule is CC(C)(C)OC(=O)NC(CN1CC(F)(F)Cc2c(Br)sc(C=O)c21)C1CCCCO1. The monoisotopic (exact) mass is 508 g/mol. The quantitative estimate of drug-likeness (QED) is 0.579. The summed E-state index contributed by atoms with van der Waals surface area (Å²) in [6, 6.07) is -0.555. The molecule has 1 saturated heterocycles. The molecule has 3 heterocycles. The van der Waals surface area contributed by atoms with Gasteiger partial charge in [0.05, 0.1) is 33.0 Å². The number of ether oxygens (including phenoxy) is 2. The summed E-state index contributed by atoms with van der Waals surface area (Å²) in [5, 5.41) is 2.82. The normalized spacial score (nSPS) is 22.2. The van der Waals surface area contributed by atoms with E-state index in [-0.39, 0.29) is 12.6 Å². The van der Waals surface area contributed by atoms with Crippen LogP contribution >= 0.6 is 27.3 Å². The Balaban J connectivity index is 1.87. The molecule has 2 aliphatic rings. The average molecular weight is 509 g/mol. The van der Waals surface area contributed by atoms with E-state index in [0.717, 1.165) is 24.2 Å². The van der Waals surface area contributed by atoms with Gasteiger partial charge in [-0.2, -0.15) is 0 Å². The fourth-order valence-corrected chi connectivity index (χ4v) is 5.63. The summed E-state index contributed by atoms with van der Waals surface area (Å²) >= 11 is 4.47. The molecule has 0 aliphatic carbocycles. The molecular weight excluding hydrogens is 482 g/mol. The fraction of sp³-hybridized carbons (Fsp3) is 0.700. The Kier molecular flexibility index (Phi) is 7.08. The van der Waals surface area contributed by atoms with Gasteiger partial charge in [0.2, 0.25) is 0 Å². The summed E-state index contributed by atoms with van der Waals surface area (Å²) < 4.78 is 40.8. The third kappa shape index (κ3) is 5.70. The van der Waals surface area contributed by atoms with Gasteiger partial charge >= 0.3 is 6.09 Å². The van der Waals surface area contributed by atoms with Crippen molar-refractivity contribution < 1.29 is 27.8 Å². The van der Waals surface area contributed by atoms with Crippen molar-refractivity contribution in [1.29, 1.82) is 0 Å². The first-order valence-corrected chi connectivity index (χ1v) is 11.6. The Bertz CT molecular complexity index is 791. The molecule has 30 heavy (non-hydrogen) atoms. The largest absolute Gasteiger partial charge is 0.444 e. The highest BCUT2D eigenvalue weighted by Crippen LogP contribution is 2.45. The Hall–Kier alpha value is -1.26. The number of alkyl carbamates (subject to hydrolysis) is 1. The van der Waals surface area contributed by atoms with Crippen molar-refractivity contribution in [2.75, 3.05) is 24.6 Å². The first-order valence-electron chi connectivity index (χ1n) is 9.99. The standard InChI is InChI=1S/C20H27BrF2N2O4S/c1-19(2,3)29-18(27)24-13(14-6-4-5-7-28-14)9-25-11-20(22,23)8-12-16(25)15(10-26)30-17(12)21/h10,13-14H,4-9,11H2,1-3H3,(H,24,27). The number of aldehydes is 1. The number of thiophene rings is 1. The predicted octanol–water partition coefficient (Wildman–Crippen LogP) is 4.78. The highest BCUT2D eigenvalue weighted by Gasteiger charge is 2.43. The zero-order chi connectivity index (χ0) is 22.1. The van der Waals surface area contributed by atoms with Gasteiger partial charge in [0.1, 0.15) is 5.60 Å². The molecule has 168 valence electrons. The van der Waals surface area contributed by atoms with Gasteiger partial charge in [0.15, 0.2) is 6.29 Å². The van der Waals surface area contributed by atoms with E-state index in [2.05, 4.69) is 21.2 Å². The van der Waals surface area contributed by atoms with E-state index in [1.807, 2.05) is 0 Å². The Morgan fingerprint density at radius 1 is 1.47 bits per heavy atom. The summed E-state index contributed by atoms with van der Waals surface area (Å²) in [5.74, 6) is -2.94. The van der Waals surface area contributed by atoms with Crippen molar-refractivity contribution in [2.24, 2.45) is 0 Å². The minimum Gasteiger partial charge on any atom is -0.444 e. The topological polar surface area (TPSA) is 67.9 Å². The number of alkyl halides is 2. The van der Waals surface area contributed by atoms with Crippen LogP contribution in [0.4, 0.5) is 19.3 Å². The van der Waals surface area contributed by atoms with Crippen molar-refractivity contribution in [1.82, 2.24) is 5.32 Å². The number of carbonyl (C=O) groups is 2. The molecule has 1 N–H and O–H groups in total. The number of hydrogen-bond acceptors (Lipinski definition) is 6. The van der Waals surface area contributed by atoms with E-state index in [1.54, 1.807) is 20.8 Å². The average Bonchev–Trinajstić information content (AvgIpc) is 2.95. The molecule has 3 rings (SSSR count). The van der Waals surface area contributed by atoms with Gasteiger partial charge in [-0.3, -0.25) is 4.79 Å². The molecule has 6 nitrogen and oxygen atoms in total. The predicted molar refractivity (Wildman–Crippen MR) is 115 cm³/mol. The molecular formula is C20H27BrF2N2O4S. The first-order chi connectivity index (χ1) is 14.0. The summed E-state index contributed by atoms with van der Waals surface area (Å²) in [5.41, 5.74) is 0.259. The Morgan fingerprint density at radius 2 is 2.20 bits per heavy atom. The second-order valence-corrected chi connectivity index (χ2v) is 11.1. The molecule has 0 bridgehead atoms. The lowest BCUT2D eigenvalue weighted by Crippen LogP contribution is -2.55. The van der Waals surface area contributed by atoms with Crippen molar-refractivity contribution in [3.05, 3.63) is 14.2 Å². The number of rotatable bonds is 5. The number of anilines is 1. The molecule has 1 aromatic heterocycles. The minimum absolute atomic E-state index is 0.0938. The summed E-state index contributed by atoms with van der Waals surface area (Å²) in [4.78, 5) is 25.9. The van der Waals surface area contributed by atoms with Crippen LogP contribution in [0.3, 0.4) is 0 Å². The number of nitrogens with zero attached hydrogens (tertiary/aromatic N) is 1. The second kappa shape index (κ2) is 9.08. The van der Waals surface area contributed by atoms with E-state index in [9.17, 15) is 18.4 Å². The third-order valence-corrected chi connectivity index (χ3v) is 6.92. The maximum atomic E-state index is 14.5. The number of nitrogens with one attached hydrogen (secondary N) is 1. The van der Waals surface area contributed by atoms with E-state index >= 15 is 0 Å². The van der Waals surface area contributed by atoms with Crippen LogP contribution in [-0.4, -0.2) is 55.7 Å². The summed E-state index contributed by atoms with van der Waals surface area (Å²) in [6.07, 6.45) is 1.91. The van der Waals surface area contributed by atoms with Gasteiger partial charge in [-0.1, -0.05) is 0 Å². The van der Waals surface area contributed by atoms with E-state index in [1.165, 1.54) is 4.90 Å². The van der Waals surface area contributed by atoms with Crippen LogP contribution in [0.25, 0.3) is 0 Å². The molecule has 10 heteroatoms. The number of halogens is 3. The molecule has 2 atom stereocenters. The van der Waals surface area contributed by atoms with Crippen molar-refractivity contribution in [3.8, 4) is 0 Å². The molecule has 0 spiro atoms. The van der Waals surface area contributed by atoms with Gasteiger partial charge in [0, 0.05) is 25.1 Å². The van der Waals surface area contributed by atoms with Crippen molar-refractivity contribution in [3.63, 3.8) is 0 Å². The molecule has 0 aromatic carbocycles. The maximum absolute atomic E-state index is 14.5. The highest BCUT2D eigenvalue weighted by atomic mass is 79.9. The Labute approximate surface area is 187 Å². The number of hydrogen-bond donors (Lipinski definition) is 1. The van der Waals surface area contributed by atoms with Gasteiger partial charge < -0.3 is 19.7 Å². The fourth-order valence-electron chi connectivity index (χ4n) is 3.89. The van der Waals surface area contributed by atoms with Gasteiger partial charge in [0.25, 0.3) is 5.92 Å². The van der Waals surface area contributed by atoms with E-state index < -0.39 is 36.6 Å². The molecule has 2 unspecified atom stereocenters. The smallest absolute Gasteiger partial charge is 0.408 e. The summed E-state index contributed by atoms with van der Waals surface area (Å²) in [7, 11) is 0. The van der Waals surface area contributed by atoms with Crippen molar-refractivity contribution in [2.45, 2.75) is 70.1 Å². The molecule has 1 amide bonds. The molecule has 2 aliphatic heterocycles. The van der Waals surface area contributed by atoms with Gasteiger partial charge in [-0.15, -0.1) is 11.3 Å². The Morgan fingerprint density at radius 3 is 2.80 bits per heavy atom. The lowest BCUT2D eigenvalue weighted by atomic mass is 9.98. The van der Waals surface area contributed by atoms with Crippen LogP contribution in [0.15, 0.2) is 3.79 Å². The lowest BCUT2D eigenvalue weighted by molar-refractivity contribution is -0.0159. The van der Waals surface area contributed by atoms with Crippen LogP contribution in [0.5, 0.6) is 0 Å². The first kappa shape index (κ1) is 23.4. The highest BCUT2D eigenvalue weighted by molar-refractivity contribution is 9.11. The third-order valence-electron chi connectivity index (χ3n) is 5.02.